The number of benzene rings is 2. The Bertz CT molecular complexity index is 653. The van der Waals surface area contributed by atoms with Crippen molar-refractivity contribution in [1.82, 2.24) is 0 Å². The van der Waals surface area contributed by atoms with Crippen LogP contribution < -0.4 is 11.1 Å². The fourth-order valence-electron chi connectivity index (χ4n) is 2.05. The zero-order valence-electron chi connectivity index (χ0n) is 11.5. The van der Waals surface area contributed by atoms with Crippen molar-refractivity contribution in [3.63, 3.8) is 0 Å². The van der Waals surface area contributed by atoms with Gasteiger partial charge >= 0.3 is 0 Å². The van der Waals surface area contributed by atoms with Gasteiger partial charge < -0.3 is 11.1 Å². The number of aryl methyl sites for hydroxylation is 2. The van der Waals surface area contributed by atoms with Crippen molar-refractivity contribution in [3.8, 4) is 0 Å². The summed E-state index contributed by atoms with van der Waals surface area (Å²) in [5, 5.41) is 3.19. The minimum absolute atomic E-state index is 0.178. The van der Waals surface area contributed by atoms with E-state index in [1.807, 2.05) is 26.0 Å². The second-order valence-corrected chi connectivity index (χ2v) is 4.84. The number of halogens is 1. The van der Waals surface area contributed by atoms with E-state index in [4.69, 9.17) is 5.73 Å². The smallest absolute Gasteiger partial charge is 0.248 e. The maximum atomic E-state index is 13.8. The van der Waals surface area contributed by atoms with E-state index in [0.29, 0.717) is 12.1 Å². The monoisotopic (exact) mass is 272 g/mol. The summed E-state index contributed by atoms with van der Waals surface area (Å²) >= 11 is 0. The largest absolute Gasteiger partial charge is 0.381 e. The first kappa shape index (κ1) is 14.1. The lowest BCUT2D eigenvalue weighted by atomic mass is 10.1. The molecule has 3 N–H and O–H groups in total. The Morgan fingerprint density at radius 1 is 1.20 bits per heavy atom. The topological polar surface area (TPSA) is 55.1 Å². The van der Waals surface area contributed by atoms with Crippen molar-refractivity contribution in [2.75, 3.05) is 5.32 Å². The Morgan fingerprint density at radius 2 is 1.95 bits per heavy atom. The molecule has 2 aromatic carbocycles. The highest BCUT2D eigenvalue weighted by molar-refractivity contribution is 5.92. The Kier molecular flexibility index (Phi) is 4.03. The van der Waals surface area contributed by atoms with Gasteiger partial charge in [-0.15, -0.1) is 0 Å². The molecule has 0 spiro atoms. The van der Waals surface area contributed by atoms with E-state index in [1.54, 1.807) is 6.07 Å². The van der Waals surface area contributed by atoms with Gasteiger partial charge in [0.15, 0.2) is 0 Å². The van der Waals surface area contributed by atoms with Crippen LogP contribution in [-0.2, 0) is 6.54 Å². The summed E-state index contributed by atoms with van der Waals surface area (Å²) in [7, 11) is 0. The lowest BCUT2D eigenvalue weighted by molar-refractivity contribution is 0.1000. The zero-order chi connectivity index (χ0) is 14.7. The molecule has 104 valence electrons. The standard InChI is InChI=1S/C16H17FN2O/c1-10-3-6-15(11(2)7-10)19-9-13-5-4-12(16(18)20)8-14(13)17/h3-8,19H,9H2,1-2H3,(H2,18,20). The Hall–Kier alpha value is -2.36. The molecule has 0 saturated heterocycles. The van der Waals surface area contributed by atoms with Gasteiger partial charge in [0.1, 0.15) is 5.82 Å². The van der Waals surface area contributed by atoms with Gasteiger partial charge in [-0.3, -0.25) is 4.79 Å². The second kappa shape index (κ2) is 5.74. The molecule has 0 aliphatic carbocycles. The van der Waals surface area contributed by atoms with E-state index in [9.17, 15) is 9.18 Å². The molecular formula is C16H17FN2O. The van der Waals surface area contributed by atoms with Crippen LogP contribution in [0.1, 0.15) is 27.0 Å². The molecule has 0 aromatic heterocycles. The van der Waals surface area contributed by atoms with Gasteiger partial charge in [0.2, 0.25) is 5.91 Å². The first-order valence-corrected chi connectivity index (χ1v) is 6.36. The van der Waals surface area contributed by atoms with Crippen LogP contribution in [-0.4, -0.2) is 5.91 Å². The number of primary amides is 1. The number of nitrogens with two attached hydrogens (primary N) is 1. The summed E-state index contributed by atoms with van der Waals surface area (Å²) in [5.41, 5.74) is 9.05. The molecule has 0 bridgehead atoms. The average molecular weight is 272 g/mol. The minimum Gasteiger partial charge on any atom is -0.381 e. The molecule has 0 aliphatic rings. The number of hydrogen-bond acceptors (Lipinski definition) is 2. The molecule has 2 rings (SSSR count). The van der Waals surface area contributed by atoms with Gasteiger partial charge in [-0.25, -0.2) is 4.39 Å². The van der Waals surface area contributed by atoms with E-state index in [1.165, 1.54) is 17.7 Å². The van der Waals surface area contributed by atoms with Crippen LogP contribution in [0.5, 0.6) is 0 Å². The van der Waals surface area contributed by atoms with Gasteiger partial charge in [0.05, 0.1) is 0 Å². The van der Waals surface area contributed by atoms with Crippen LogP contribution in [0, 0.1) is 19.7 Å². The molecule has 2 aromatic rings. The number of carbonyl (C=O) groups is 1. The van der Waals surface area contributed by atoms with Crippen LogP contribution in [0.3, 0.4) is 0 Å². The van der Waals surface area contributed by atoms with Crippen molar-refractivity contribution in [3.05, 3.63) is 64.5 Å². The predicted octanol–water partition coefficient (Wildman–Crippen LogP) is 3.15. The first-order chi connectivity index (χ1) is 9.47. The normalized spacial score (nSPS) is 10.3. The second-order valence-electron chi connectivity index (χ2n) is 4.84. The maximum Gasteiger partial charge on any atom is 0.248 e. The van der Waals surface area contributed by atoms with Crippen molar-refractivity contribution < 1.29 is 9.18 Å². The number of rotatable bonds is 4. The minimum atomic E-state index is -0.627. The van der Waals surface area contributed by atoms with Gasteiger partial charge in [-0.2, -0.15) is 0 Å². The fraction of sp³-hybridized carbons (Fsp3) is 0.188. The molecule has 0 unspecified atom stereocenters. The average Bonchev–Trinajstić information content (AvgIpc) is 2.38. The summed E-state index contributed by atoms with van der Waals surface area (Å²) in [5.74, 6) is -1.06. The summed E-state index contributed by atoms with van der Waals surface area (Å²) in [6.45, 7) is 4.38. The Labute approximate surface area is 117 Å². The number of anilines is 1. The number of carbonyl (C=O) groups excluding carboxylic acids is 1. The molecule has 1 amide bonds. The summed E-state index contributed by atoms with van der Waals surface area (Å²) < 4.78 is 13.8. The predicted molar refractivity (Wildman–Crippen MR) is 78.2 cm³/mol. The fourth-order valence-corrected chi connectivity index (χ4v) is 2.05. The van der Waals surface area contributed by atoms with E-state index < -0.39 is 11.7 Å². The molecule has 20 heavy (non-hydrogen) atoms. The number of nitrogens with one attached hydrogen (secondary N) is 1. The van der Waals surface area contributed by atoms with Gasteiger partial charge in [0.25, 0.3) is 0 Å². The van der Waals surface area contributed by atoms with Crippen molar-refractivity contribution in [1.29, 1.82) is 0 Å². The van der Waals surface area contributed by atoms with Gasteiger partial charge in [-0.1, -0.05) is 23.8 Å². The van der Waals surface area contributed by atoms with Crippen LogP contribution in [0.15, 0.2) is 36.4 Å². The van der Waals surface area contributed by atoms with E-state index in [0.717, 1.165) is 11.3 Å². The highest BCUT2D eigenvalue weighted by Crippen LogP contribution is 2.18. The molecular weight excluding hydrogens is 255 g/mol. The lowest BCUT2D eigenvalue weighted by Crippen LogP contribution is -2.12. The van der Waals surface area contributed by atoms with Gasteiger partial charge in [-0.05, 0) is 37.6 Å². The van der Waals surface area contributed by atoms with E-state index >= 15 is 0 Å². The highest BCUT2D eigenvalue weighted by atomic mass is 19.1. The number of amides is 1. The zero-order valence-corrected chi connectivity index (χ0v) is 11.5. The van der Waals surface area contributed by atoms with Crippen LogP contribution in [0.2, 0.25) is 0 Å². The van der Waals surface area contributed by atoms with Crippen LogP contribution in [0.4, 0.5) is 10.1 Å². The molecule has 4 heteroatoms. The third kappa shape index (κ3) is 3.15. The molecule has 0 radical (unpaired) electrons. The highest BCUT2D eigenvalue weighted by Gasteiger charge is 2.07. The van der Waals surface area contributed by atoms with E-state index in [2.05, 4.69) is 11.4 Å². The summed E-state index contributed by atoms with van der Waals surface area (Å²) in [6, 6.07) is 10.3. The Balaban J connectivity index is 2.13. The van der Waals surface area contributed by atoms with E-state index in [-0.39, 0.29) is 5.56 Å². The Morgan fingerprint density at radius 3 is 2.55 bits per heavy atom. The third-order valence-electron chi connectivity index (χ3n) is 3.19. The summed E-state index contributed by atoms with van der Waals surface area (Å²) in [4.78, 5) is 11.0. The molecule has 3 nitrogen and oxygen atoms in total. The molecule has 0 atom stereocenters. The summed E-state index contributed by atoms with van der Waals surface area (Å²) in [6.07, 6.45) is 0. The van der Waals surface area contributed by atoms with Crippen molar-refractivity contribution >= 4 is 11.6 Å². The molecule has 0 heterocycles. The van der Waals surface area contributed by atoms with Crippen LogP contribution >= 0.6 is 0 Å². The van der Waals surface area contributed by atoms with Crippen molar-refractivity contribution in [2.24, 2.45) is 5.73 Å². The quantitative estimate of drug-likeness (QED) is 0.898. The van der Waals surface area contributed by atoms with Crippen molar-refractivity contribution in [2.45, 2.75) is 20.4 Å². The first-order valence-electron chi connectivity index (χ1n) is 6.36. The molecule has 0 saturated carbocycles. The van der Waals surface area contributed by atoms with Gasteiger partial charge in [0, 0.05) is 23.4 Å². The maximum absolute atomic E-state index is 13.8. The number of hydrogen-bond donors (Lipinski definition) is 2. The molecule has 0 aliphatic heterocycles. The SMILES string of the molecule is Cc1ccc(NCc2ccc(C(N)=O)cc2F)c(C)c1. The third-order valence-corrected chi connectivity index (χ3v) is 3.19. The lowest BCUT2D eigenvalue weighted by Gasteiger charge is -2.11. The molecule has 0 fully saturated rings. The van der Waals surface area contributed by atoms with Crippen LogP contribution in [0.25, 0.3) is 0 Å².